The van der Waals surface area contributed by atoms with Crippen LogP contribution < -0.4 is 0 Å². The van der Waals surface area contributed by atoms with Crippen molar-refractivity contribution in [3.8, 4) is 0 Å². The summed E-state index contributed by atoms with van der Waals surface area (Å²) in [7, 11) is 0. The molecule has 4 N–H and O–H groups in total. The van der Waals surface area contributed by atoms with Gasteiger partial charge in [-0.15, -0.1) is 0 Å². The van der Waals surface area contributed by atoms with E-state index in [1.807, 2.05) is 0 Å². The SMILES string of the molecule is CCCCC/C=C\C/C=C\C/C=C\CCCCCCCCCOCC(COC1OC(CO)C(O)C(O)C1O)OC(=O)CCCCCCCC/C=C\C/C=C\C/C=C\CCCCCCC. The van der Waals surface area contributed by atoms with Gasteiger partial charge in [0, 0.05) is 13.0 Å². The molecule has 0 aromatic carbocycles. The maximum absolute atomic E-state index is 12.8. The maximum atomic E-state index is 12.8. The van der Waals surface area contributed by atoms with Crippen LogP contribution in [0.3, 0.4) is 0 Å². The van der Waals surface area contributed by atoms with Gasteiger partial charge in [0.25, 0.3) is 0 Å². The Balaban J connectivity index is 2.24. The molecular weight excluding hydrogens is 805 g/mol. The van der Waals surface area contributed by atoms with E-state index < -0.39 is 43.4 Å². The lowest BCUT2D eigenvalue weighted by Crippen LogP contribution is -2.59. The predicted molar refractivity (Wildman–Crippen MR) is 265 cm³/mol. The van der Waals surface area contributed by atoms with Gasteiger partial charge in [-0.05, 0) is 89.9 Å². The van der Waals surface area contributed by atoms with Crippen LogP contribution in [0.2, 0.25) is 0 Å². The molecule has 9 heteroatoms. The van der Waals surface area contributed by atoms with E-state index in [4.69, 9.17) is 18.9 Å². The molecule has 1 aliphatic rings. The third-order valence-electron chi connectivity index (χ3n) is 11.6. The second-order valence-corrected chi connectivity index (χ2v) is 17.6. The first-order chi connectivity index (χ1) is 31.4. The topological polar surface area (TPSA) is 135 Å². The molecule has 0 amide bonds. The molecule has 9 nitrogen and oxygen atoms in total. The Kier molecular flexibility index (Phi) is 42.7. The fourth-order valence-electron chi connectivity index (χ4n) is 7.51. The monoisotopic (exact) mass is 901 g/mol. The first-order valence-electron chi connectivity index (χ1n) is 26.0. The lowest BCUT2D eigenvalue weighted by atomic mass is 9.99. The minimum atomic E-state index is -1.55. The fourth-order valence-corrected chi connectivity index (χ4v) is 7.51. The Morgan fingerprint density at radius 1 is 0.500 bits per heavy atom. The number of aliphatic hydroxyl groups excluding tert-OH is 4. The Bertz CT molecular complexity index is 1210. The van der Waals surface area contributed by atoms with Crippen LogP contribution in [0.15, 0.2) is 72.9 Å². The molecule has 0 spiro atoms. The normalized spacial score (nSPS) is 20.1. The smallest absolute Gasteiger partial charge is 0.306 e. The number of esters is 1. The van der Waals surface area contributed by atoms with Gasteiger partial charge in [0.2, 0.25) is 0 Å². The van der Waals surface area contributed by atoms with Gasteiger partial charge in [0.1, 0.15) is 30.5 Å². The van der Waals surface area contributed by atoms with Crippen LogP contribution in [-0.4, -0.2) is 89.6 Å². The summed E-state index contributed by atoms with van der Waals surface area (Å²) in [6.45, 7) is 4.48. The van der Waals surface area contributed by atoms with Gasteiger partial charge in [-0.1, -0.05) is 183 Å². The summed E-state index contributed by atoms with van der Waals surface area (Å²) in [5.74, 6) is -0.331. The molecule has 1 aliphatic heterocycles. The molecule has 0 radical (unpaired) electrons. The summed E-state index contributed by atoms with van der Waals surface area (Å²) in [5, 5.41) is 40.3. The van der Waals surface area contributed by atoms with Crippen LogP contribution in [0, 0.1) is 0 Å². The van der Waals surface area contributed by atoms with E-state index in [0.29, 0.717) is 13.0 Å². The molecule has 0 aliphatic carbocycles. The average Bonchev–Trinajstić information content (AvgIpc) is 3.30. The van der Waals surface area contributed by atoms with E-state index in [1.165, 1.54) is 103 Å². The number of ether oxygens (including phenoxy) is 4. The molecule has 1 saturated heterocycles. The zero-order valence-corrected chi connectivity index (χ0v) is 40.8. The summed E-state index contributed by atoms with van der Waals surface area (Å²) < 4.78 is 22.9. The highest BCUT2D eigenvalue weighted by Crippen LogP contribution is 2.22. The van der Waals surface area contributed by atoms with Crippen molar-refractivity contribution in [1.82, 2.24) is 0 Å². The van der Waals surface area contributed by atoms with Crippen LogP contribution in [-0.2, 0) is 23.7 Å². The first-order valence-corrected chi connectivity index (χ1v) is 26.0. The van der Waals surface area contributed by atoms with Crippen molar-refractivity contribution < 1.29 is 44.2 Å². The van der Waals surface area contributed by atoms with Crippen LogP contribution >= 0.6 is 0 Å². The highest BCUT2D eigenvalue weighted by molar-refractivity contribution is 5.69. The van der Waals surface area contributed by atoms with Gasteiger partial charge in [0.15, 0.2) is 6.29 Å². The highest BCUT2D eigenvalue weighted by Gasteiger charge is 2.44. The van der Waals surface area contributed by atoms with Gasteiger partial charge in [-0.25, -0.2) is 0 Å². The second kappa shape index (κ2) is 45.8. The maximum Gasteiger partial charge on any atom is 0.306 e. The van der Waals surface area contributed by atoms with Crippen molar-refractivity contribution in [2.75, 3.05) is 26.4 Å². The third kappa shape index (κ3) is 35.8. The van der Waals surface area contributed by atoms with Crippen LogP contribution in [0.5, 0.6) is 0 Å². The number of unbranched alkanes of at least 4 members (excludes halogenated alkanes) is 21. The minimum Gasteiger partial charge on any atom is -0.457 e. The Hall–Kier alpha value is -2.37. The van der Waals surface area contributed by atoms with Crippen molar-refractivity contribution in [2.45, 2.75) is 243 Å². The Morgan fingerprint density at radius 3 is 1.39 bits per heavy atom. The van der Waals surface area contributed by atoms with Crippen molar-refractivity contribution in [2.24, 2.45) is 0 Å². The molecule has 1 fully saturated rings. The van der Waals surface area contributed by atoms with Crippen molar-refractivity contribution >= 4 is 5.97 Å². The molecule has 64 heavy (non-hydrogen) atoms. The molecule has 370 valence electrons. The zero-order chi connectivity index (χ0) is 46.4. The van der Waals surface area contributed by atoms with Crippen molar-refractivity contribution in [3.05, 3.63) is 72.9 Å². The quantitative estimate of drug-likeness (QED) is 0.0268. The number of hydrogen-bond acceptors (Lipinski definition) is 9. The average molecular weight is 901 g/mol. The molecule has 6 atom stereocenters. The summed E-state index contributed by atoms with van der Waals surface area (Å²) >= 11 is 0. The van der Waals surface area contributed by atoms with E-state index in [1.54, 1.807) is 0 Å². The van der Waals surface area contributed by atoms with Crippen molar-refractivity contribution in [1.29, 1.82) is 0 Å². The summed E-state index contributed by atoms with van der Waals surface area (Å²) in [6, 6.07) is 0. The molecule has 1 heterocycles. The second-order valence-electron chi connectivity index (χ2n) is 17.6. The van der Waals surface area contributed by atoms with Gasteiger partial charge in [-0.2, -0.15) is 0 Å². The van der Waals surface area contributed by atoms with Gasteiger partial charge in [0.05, 0.1) is 19.8 Å². The van der Waals surface area contributed by atoms with Crippen molar-refractivity contribution in [3.63, 3.8) is 0 Å². The molecule has 6 unspecified atom stereocenters. The zero-order valence-electron chi connectivity index (χ0n) is 40.8. The van der Waals surface area contributed by atoms with Crippen LogP contribution in [0.4, 0.5) is 0 Å². The Morgan fingerprint density at radius 2 is 0.906 bits per heavy atom. The van der Waals surface area contributed by atoms with E-state index in [2.05, 4.69) is 86.8 Å². The number of carbonyl (C=O) groups is 1. The summed E-state index contributed by atoms with van der Waals surface area (Å²) in [6.07, 6.45) is 53.5. The third-order valence-corrected chi connectivity index (χ3v) is 11.6. The lowest BCUT2D eigenvalue weighted by molar-refractivity contribution is -0.305. The first kappa shape index (κ1) is 59.6. The number of aliphatic hydroxyl groups is 4. The fraction of sp³-hybridized carbons (Fsp3) is 0.764. The van der Waals surface area contributed by atoms with E-state index in [0.717, 1.165) is 83.5 Å². The number of hydrogen-bond donors (Lipinski definition) is 4. The standard InChI is InChI=1S/C55H96O9/c1-3-5-7-9-11-13-15-17-19-21-23-25-26-28-30-32-34-36-38-40-42-44-51(57)63-49(48-62-55-54(60)53(59)52(58)50(46-56)64-55)47-61-45-43-41-39-37-35-33-31-29-27-24-22-20-18-16-14-12-10-8-6-4-2/h12,14-15,17-18,20-21,23-24,26-28,49-50,52-56,58-60H,3-11,13,16,19,22,25,29-48H2,1-2H3/b14-12-,17-15-,20-18-,23-21-,27-24-,28-26-. The van der Waals surface area contributed by atoms with Gasteiger partial charge in [-0.3, -0.25) is 4.79 Å². The summed E-state index contributed by atoms with van der Waals surface area (Å²) in [4.78, 5) is 12.8. The number of carbonyl (C=O) groups excluding carboxylic acids is 1. The molecule has 1 rings (SSSR count). The Labute approximate surface area is 391 Å². The molecule has 0 aromatic rings. The lowest BCUT2D eigenvalue weighted by Gasteiger charge is -2.39. The van der Waals surface area contributed by atoms with E-state index >= 15 is 0 Å². The molecule has 0 saturated carbocycles. The minimum absolute atomic E-state index is 0.126. The van der Waals surface area contributed by atoms with Gasteiger partial charge >= 0.3 is 5.97 Å². The summed E-state index contributed by atoms with van der Waals surface area (Å²) in [5.41, 5.74) is 0. The van der Waals surface area contributed by atoms with E-state index in [9.17, 15) is 25.2 Å². The van der Waals surface area contributed by atoms with Crippen LogP contribution in [0.1, 0.15) is 206 Å². The molecule has 0 aromatic heterocycles. The highest BCUT2D eigenvalue weighted by atomic mass is 16.7. The van der Waals surface area contributed by atoms with E-state index in [-0.39, 0.29) is 19.2 Å². The number of rotatable bonds is 44. The number of allylic oxidation sites excluding steroid dienone is 12. The molecular formula is C55H96O9. The molecule has 0 bridgehead atoms. The van der Waals surface area contributed by atoms with Gasteiger partial charge < -0.3 is 39.4 Å². The van der Waals surface area contributed by atoms with Crippen LogP contribution in [0.25, 0.3) is 0 Å². The predicted octanol–water partition coefficient (Wildman–Crippen LogP) is 12.8. The largest absolute Gasteiger partial charge is 0.457 e.